The van der Waals surface area contributed by atoms with Gasteiger partial charge in [0, 0.05) is 19.1 Å². The third-order valence-electron chi connectivity index (χ3n) is 4.20. The van der Waals surface area contributed by atoms with Crippen molar-refractivity contribution in [1.29, 1.82) is 0 Å². The van der Waals surface area contributed by atoms with E-state index in [4.69, 9.17) is 5.73 Å². The van der Waals surface area contributed by atoms with Crippen molar-refractivity contribution in [3.63, 3.8) is 0 Å². The van der Waals surface area contributed by atoms with Crippen LogP contribution in [-0.2, 0) is 0 Å². The summed E-state index contributed by atoms with van der Waals surface area (Å²) in [4.78, 5) is 11.5. The average molecular weight is 285 g/mol. The SMILES string of the molecule is CC(C)N1CCC(CNc2nc3ccccc3nc2N)C1. The van der Waals surface area contributed by atoms with Crippen molar-refractivity contribution < 1.29 is 0 Å². The normalized spacial score (nSPS) is 19.5. The molecule has 21 heavy (non-hydrogen) atoms. The summed E-state index contributed by atoms with van der Waals surface area (Å²) in [5.41, 5.74) is 7.72. The first-order valence-corrected chi connectivity index (χ1v) is 7.63. The molecule has 0 aliphatic carbocycles. The number of hydrogen-bond donors (Lipinski definition) is 2. The number of fused-ring (bicyclic) bond motifs is 1. The number of nitrogens with two attached hydrogens (primary N) is 1. The molecule has 3 N–H and O–H groups in total. The Labute approximate surface area is 125 Å². The fraction of sp³-hybridized carbons (Fsp3) is 0.500. The Morgan fingerprint density at radius 2 is 2.00 bits per heavy atom. The first-order chi connectivity index (χ1) is 10.1. The molecule has 0 spiro atoms. The summed E-state index contributed by atoms with van der Waals surface area (Å²) >= 11 is 0. The molecule has 1 aromatic carbocycles. The monoisotopic (exact) mass is 285 g/mol. The standard InChI is InChI=1S/C16H23N5/c1-11(2)21-8-7-12(10-21)9-18-16-15(17)19-13-5-3-4-6-14(13)20-16/h3-6,11-12H,7-10H2,1-2H3,(H2,17,19)(H,18,20). The lowest BCUT2D eigenvalue weighted by molar-refractivity contribution is 0.266. The number of nitrogens with one attached hydrogen (secondary N) is 1. The zero-order valence-electron chi connectivity index (χ0n) is 12.7. The predicted molar refractivity (Wildman–Crippen MR) is 87.3 cm³/mol. The minimum atomic E-state index is 0.479. The van der Waals surface area contributed by atoms with E-state index in [0.29, 0.717) is 23.6 Å². The first-order valence-electron chi connectivity index (χ1n) is 7.63. The van der Waals surface area contributed by atoms with Gasteiger partial charge in [-0.1, -0.05) is 12.1 Å². The number of likely N-dealkylation sites (tertiary alicyclic amines) is 1. The highest BCUT2D eigenvalue weighted by molar-refractivity contribution is 5.79. The van der Waals surface area contributed by atoms with E-state index in [1.54, 1.807) is 0 Å². The van der Waals surface area contributed by atoms with Crippen LogP contribution in [0.2, 0.25) is 0 Å². The summed E-state index contributed by atoms with van der Waals surface area (Å²) in [6.07, 6.45) is 1.23. The molecule has 5 heteroatoms. The lowest BCUT2D eigenvalue weighted by Crippen LogP contribution is -2.29. The third-order valence-corrected chi connectivity index (χ3v) is 4.20. The van der Waals surface area contributed by atoms with Crippen LogP contribution in [0.1, 0.15) is 20.3 Å². The topological polar surface area (TPSA) is 67.1 Å². The van der Waals surface area contributed by atoms with Crippen LogP contribution in [-0.4, -0.2) is 40.5 Å². The first kappa shape index (κ1) is 14.1. The maximum Gasteiger partial charge on any atom is 0.169 e. The molecule has 2 aromatic rings. The smallest absolute Gasteiger partial charge is 0.169 e. The largest absolute Gasteiger partial charge is 0.381 e. The fourth-order valence-corrected chi connectivity index (χ4v) is 2.88. The molecule has 1 saturated heterocycles. The number of para-hydroxylation sites is 2. The second kappa shape index (κ2) is 5.85. The van der Waals surface area contributed by atoms with Crippen LogP contribution in [0.4, 0.5) is 11.6 Å². The number of nitrogens with zero attached hydrogens (tertiary/aromatic N) is 3. The molecule has 5 nitrogen and oxygen atoms in total. The van der Waals surface area contributed by atoms with Gasteiger partial charge in [0.05, 0.1) is 11.0 Å². The molecule has 1 aromatic heterocycles. The lowest BCUT2D eigenvalue weighted by Gasteiger charge is -2.20. The van der Waals surface area contributed by atoms with Gasteiger partial charge in [0.15, 0.2) is 11.6 Å². The van der Waals surface area contributed by atoms with E-state index in [9.17, 15) is 0 Å². The summed E-state index contributed by atoms with van der Waals surface area (Å²) in [5, 5.41) is 3.38. The van der Waals surface area contributed by atoms with Crippen molar-refractivity contribution in [2.45, 2.75) is 26.3 Å². The van der Waals surface area contributed by atoms with Crippen LogP contribution in [0.15, 0.2) is 24.3 Å². The quantitative estimate of drug-likeness (QED) is 0.902. The van der Waals surface area contributed by atoms with Gasteiger partial charge < -0.3 is 16.0 Å². The second-order valence-corrected chi connectivity index (χ2v) is 6.07. The van der Waals surface area contributed by atoms with Gasteiger partial charge in [0.1, 0.15) is 0 Å². The molecule has 0 amide bonds. The van der Waals surface area contributed by atoms with Crippen molar-refractivity contribution in [2.24, 2.45) is 5.92 Å². The van der Waals surface area contributed by atoms with Crippen LogP contribution in [0.5, 0.6) is 0 Å². The Morgan fingerprint density at radius 3 is 2.67 bits per heavy atom. The zero-order valence-corrected chi connectivity index (χ0v) is 12.7. The van der Waals surface area contributed by atoms with Crippen LogP contribution in [0.3, 0.4) is 0 Å². The molecule has 112 valence electrons. The highest BCUT2D eigenvalue weighted by Crippen LogP contribution is 2.22. The summed E-state index contributed by atoms with van der Waals surface area (Å²) in [6.45, 7) is 7.74. The van der Waals surface area contributed by atoms with Gasteiger partial charge in [-0.2, -0.15) is 0 Å². The molecule has 0 bridgehead atoms. The minimum absolute atomic E-state index is 0.479. The number of anilines is 2. The fourth-order valence-electron chi connectivity index (χ4n) is 2.88. The Balaban J connectivity index is 1.67. The van der Waals surface area contributed by atoms with Gasteiger partial charge in [-0.25, -0.2) is 9.97 Å². The molecule has 1 aliphatic rings. The van der Waals surface area contributed by atoms with Crippen molar-refractivity contribution in [1.82, 2.24) is 14.9 Å². The van der Waals surface area contributed by atoms with Crippen LogP contribution in [0, 0.1) is 5.92 Å². The highest BCUT2D eigenvalue weighted by atomic mass is 15.2. The average Bonchev–Trinajstić information content (AvgIpc) is 2.94. The van der Waals surface area contributed by atoms with Crippen LogP contribution < -0.4 is 11.1 Å². The van der Waals surface area contributed by atoms with Gasteiger partial charge in [0.2, 0.25) is 0 Å². The van der Waals surface area contributed by atoms with Gasteiger partial charge in [-0.05, 0) is 44.9 Å². The van der Waals surface area contributed by atoms with E-state index >= 15 is 0 Å². The number of aromatic nitrogens is 2. The molecule has 2 heterocycles. The molecule has 1 atom stereocenters. The van der Waals surface area contributed by atoms with Gasteiger partial charge >= 0.3 is 0 Å². The Hall–Kier alpha value is -1.88. The molecule has 0 saturated carbocycles. The van der Waals surface area contributed by atoms with E-state index in [2.05, 4.69) is 34.0 Å². The van der Waals surface area contributed by atoms with Crippen molar-refractivity contribution in [3.8, 4) is 0 Å². The Bertz CT molecular complexity index is 625. The molecule has 1 aliphatic heterocycles. The van der Waals surface area contributed by atoms with Crippen molar-refractivity contribution in [2.75, 3.05) is 30.7 Å². The highest BCUT2D eigenvalue weighted by Gasteiger charge is 2.24. The summed E-state index contributed by atoms with van der Waals surface area (Å²) < 4.78 is 0. The number of nitrogen functional groups attached to an aromatic ring is 1. The summed E-state index contributed by atoms with van der Waals surface area (Å²) in [5.74, 6) is 1.84. The number of rotatable bonds is 4. The van der Waals surface area contributed by atoms with Crippen LogP contribution >= 0.6 is 0 Å². The molecule has 1 unspecified atom stereocenters. The van der Waals surface area contributed by atoms with Crippen LogP contribution in [0.25, 0.3) is 11.0 Å². The molecular formula is C16H23N5. The zero-order chi connectivity index (χ0) is 14.8. The molecule has 3 rings (SSSR count). The summed E-state index contributed by atoms with van der Waals surface area (Å²) in [7, 11) is 0. The second-order valence-electron chi connectivity index (χ2n) is 6.07. The lowest BCUT2D eigenvalue weighted by atomic mass is 10.1. The molecule has 1 fully saturated rings. The minimum Gasteiger partial charge on any atom is -0.381 e. The molecule has 0 radical (unpaired) electrons. The third kappa shape index (κ3) is 3.08. The Kier molecular flexibility index (Phi) is 3.92. The number of benzene rings is 1. The van der Waals surface area contributed by atoms with E-state index in [1.165, 1.54) is 13.0 Å². The van der Waals surface area contributed by atoms with E-state index in [1.807, 2.05) is 24.3 Å². The molecular weight excluding hydrogens is 262 g/mol. The van der Waals surface area contributed by atoms with E-state index in [-0.39, 0.29) is 0 Å². The van der Waals surface area contributed by atoms with E-state index < -0.39 is 0 Å². The maximum atomic E-state index is 6.00. The van der Waals surface area contributed by atoms with Gasteiger partial charge in [0.25, 0.3) is 0 Å². The van der Waals surface area contributed by atoms with Crippen molar-refractivity contribution >= 4 is 22.7 Å². The van der Waals surface area contributed by atoms with Gasteiger partial charge in [-0.3, -0.25) is 0 Å². The van der Waals surface area contributed by atoms with E-state index in [0.717, 1.165) is 24.1 Å². The van der Waals surface area contributed by atoms with Crippen molar-refractivity contribution in [3.05, 3.63) is 24.3 Å². The van der Waals surface area contributed by atoms with Gasteiger partial charge in [-0.15, -0.1) is 0 Å². The predicted octanol–water partition coefficient (Wildman–Crippen LogP) is 2.35. The number of hydrogen-bond acceptors (Lipinski definition) is 5. The Morgan fingerprint density at radius 1 is 1.29 bits per heavy atom. The maximum absolute atomic E-state index is 6.00. The summed E-state index contributed by atoms with van der Waals surface area (Å²) in [6, 6.07) is 8.43.